The van der Waals surface area contributed by atoms with Gasteiger partial charge in [-0.15, -0.1) is 0 Å². The summed E-state index contributed by atoms with van der Waals surface area (Å²) in [7, 11) is 0. The molecule has 0 aliphatic rings. The van der Waals surface area contributed by atoms with E-state index in [1.54, 1.807) is 18.2 Å². The smallest absolute Gasteiger partial charge is 0.289 e. The summed E-state index contributed by atoms with van der Waals surface area (Å²) in [6.07, 6.45) is 0. The molecule has 9 heteroatoms. The number of nitrogens with one attached hydrogen (secondary N) is 2. The summed E-state index contributed by atoms with van der Waals surface area (Å²) in [5, 5.41) is 16.4. The zero-order valence-electron chi connectivity index (χ0n) is 11.4. The Kier molecular flexibility index (Phi) is 5.49. The lowest BCUT2D eigenvalue weighted by Gasteiger charge is -2.10. The second-order valence-corrected chi connectivity index (χ2v) is 5.59. The van der Waals surface area contributed by atoms with Gasteiger partial charge in [0.05, 0.1) is 4.92 Å². The lowest BCUT2D eigenvalue weighted by atomic mass is 10.2. The van der Waals surface area contributed by atoms with Gasteiger partial charge in [-0.2, -0.15) is 0 Å². The largest absolute Gasteiger partial charge is 0.332 e. The van der Waals surface area contributed by atoms with Crippen LogP contribution in [0.3, 0.4) is 0 Å². The molecule has 0 saturated carbocycles. The van der Waals surface area contributed by atoms with Crippen LogP contribution < -0.4 is 10.6 Å². The summed E-state index contributed by atoms with van der Waals surface area (Å²) in [6, 6.07) is 10.4. The first kappa shape index (κ1) is 17.1. The number of thiocarbonyl (C=S) groups is 1. The summed E-state index contributed by atoms with van der Waals surface area (Å²) in [5.74, 6) is -0.450. The van der Waals surface area contributed by atoms with Gasteiger partial charge in [0.1, 0.15) is 5.02 Å². The van der Waals surface area contributed by atoms with E-state index >= 15 is 0 Å². The molecule has 0 fully saturated rings. The number of rotatable bonds is 3. The minimum absolute atomic E-state index is 0.00778. The van der Waals surface area contributed by atoms with E-state index in [0.29, 0.717) is 16.3 Å². The van der Waals surface area contributed by atoms with Crippen molar-refractivity contribution in [2.75, 3.05) is 5.32 Å². The van der Waals surface area contributed by atoms with Gasteiger partial charge < -0.3 is 5.32 Å². The van der Waals surface area contributed by atoms with E-state index in [4.69, 9.17) is 35.4 Å². The second kappa shape index (κ2) is 7.36. The number of nitro benzene ring substituents is 1. The van der Waals surface area contributed by atoms with Crippen LogP contribution in [-0.4, -0.2) is 15.9 Å². The number of benzene rings is 2. The summed E-state index contributed by atoms with van der Waals surface area (Å²) in [4.78, 5) is 22.2. The number of carbonyl (C=O) groups excluding carboxylic acids is 1. The number of amides is 1. The molecule has 2 aromatic rings. The van der Waals surface area contributed by atoms with Gasteiger partial charge >= 0.3 is 0 Å². The van der Waals surface area contributed by atoms with Crippen molar-refractivity contribution in [1.29, 1.82) is 0 Å². The van der Waals surface area contributed by atoms with E-state index in [2.05, 4.69) is 10.6 Å². The van der Waals surface area contributed by atoms with Gasteiger partial charge in [-0.05, 0) is 42.5 Å². The van der Waals surface area contributed by atoms with Crippen molar-refractivity contribution >= 4 is 57.8 Å². The van der Waals surface area contributed by atoms with E-state index in [-0.39, 0.29) is 15.8 Å². The molecule has 0 aliphatic carbocycles. The number of hydrogen-bond donors (Lipinski definition) is 2. The Hall–Kier alpha value is -2.22. The fraction of sp³-hybridized carbons (Fsp3) is 0. The molecule has 23 heavy (non-hydrogen) atoms. The molecule has 0 saturated heterocycles. The molecule has 2 aromatic carbocycles. The maximum absolute atomic E-state index is 12.0. The minimum Gasteiger partial charge on any atom is -0.332 e. The third-order valence-corrected chi connectivity index (χ3v) is 3.47. The first-order valence-corrected chi connectivity index (χ1v) is 7.35. The second-order valence-electron chi connectivity index (χ2n) is 4.34. The maximum atomic E-state index is 12.0. The van der Waals surface area contributed by atoms with Gasteiger partial charge in [0.15, 0.2) is 5.11 Å². The molecule has 0 aromatic heterocycles. The molecule has 2 N–H and O–H groups in total. The molecular formula is C14H9Cl2N3O3S. The SMILES string of the molecule is O=C(NC(=S)Nc1ccc(Cl)c([N+](=O)[O-])c1)c1cccc(Cl)c1. The predicted molar refractivity (Wildman–Crippen MR) is 93.2 cm³/mol. The van der Waals surface area contributed by atoms with Crippen LogP contribution in [0, 0.1) is 10.1 Å². The molecule has 0 radical (unpaired) electrons. The van der Waals surface area contributed by atoms with E-state index < -0.39 is 10.8 Å². The van der Waals surface area contributed by atoms with E-state index in [1.165, 1.54) is 24.3 Å². The van der Waals surface area contributed by atoms with Crippen molar-refractivity contribution in [3.63, 3.8) is 0 Å². The standard InChI is InChI=1S/C14H9Cl2N3O3S/c15-9-3-1-2-8(6-9)13(20)18-14(23)17-10-4-5-11(16)12(7-10)19(21)22/h1-7H,(H2,17,18,20,23). The molecule has 0 bridgehead atoms. The van der Waals surface area contributed by atoms with E-state index in [9.17, 15) is 14.9 Å². The molecule has 0 spiro atoms. The Morgan fingerprint density at radius 3 is 2.57 bits per heavy atom. The van der Waals surface area contributed by atoms with Crippen molar-refractivity contribution < 1.29 is 9.72 Å². The quantitative estimate of drug-likeness (QED) is 0.484. The number of nitro groups is 1. The molecule has 1 amide bonds. The first-order chi connectivity index (χ1) is 10.9. The summed E-state index contributed by atoms with van der Waals surface area (Å²) in [6.45, 7) is 0. The first-order valence-electron chi connectivity index (χ1n) is 6.18. The predicted octanol–water partition coefficient (Wildman–Crippen LogP) is 4.03. The number of carbonyl (C=O) groups is 1. The Labute approximate surface area is 146 Å². The van der Waals surface area contributed by atoms with Crippen LogP contribution in [0.5, 0.6) is 0 Å². The molecular weight excluding hydrogens is 361 g/mol. The van der Waals surface area contributed by atoms with Crippen molar-refractivity contribution in [3.8, 4) is 0 Å². The molecule has 0 atom stereocenters. The summed E-state index contributed by atoms with van der Waals surface area (Å²) in [5.41, 5.74) is 0.405. The Morgan fingerprint density at radius 2 is 1.91 bits per heavy atom. The van der Waals surface area contributed by atoms with E-state index in [1.807, 2.05) is 0 Å². The van der Waals surface area contributed by atoms with Gasteiger partial charge in [0.25, 0.3) is 11.6 Å². The topological polar surface area (TPSA) is 84.3 Å². The van der Waals surface area contributed by atoms with Crippen molar-refractivity contribution in [3.05, 3.63) is 68.2 Å². The maximum Gasteiger partial charge on any atom is 0.289 e. The van der Waals surface area contributed by atoms with Crippen LogP contribution in [0.2, 0.25) is 10.0 Å². The van der Waals surface area contributed by atoms with Crippen LogP contribution in [0.1, 0.15) is 10.4 Å². The van der Waals surface area contributed by atoms with Crippen LogP contribution in [-0.2, 0) is 0 Å². The molecule has 0 heterocycles. The number of hydrogen-bond acceptors (Lipinski definition) is 4. The van der Waals surface area contributed by atoms with Crippen molar-refractivity contribution in [2.45, 2.75) is 0 Å². The van der Waals surface area contributed by atoms with Crippen LogP contribution in [0.25, 0.3) is 0 Å². The number of anilines is 1. The molecule has 0 unspecified atom stereocenters. The highest BCUT2D eigenvalue weighted by Crippen LogP contribution is 2.27. The average molecular weight is 370 g/mol. The molecule has 0 aliphatic heterocycles. The zero-order chi connectivity index (χ0) is 17.0. The van der Waals surface area contributed by atoms with E-state index in [0.717, 1.165) is 0 Å². The molecule has 118 valence electrons. The lowest BCUT2D eigenvalue weighted by Crippen LogP contribution is -2.34. The third-order valence-electron chi connectivity index (χ3n) is 2.71. The van der Waals surface area contributed by atoms with Crippen molar-refractivity contribution in [2.24, 2.45) is 0 Å². The van der Waals surface area contributed by atoms with Gasteiger partial charge in [0, 0.05) is 22.3 Å². The van der Waals surface area contributed by atoms with Crippen LogP contribution >= 0.6 is 35.4 Å². The Morgan fingerprint density at radius 1 is 1.17 bits per heavy atom. The lowest BCUT2D eigenvalue weighted by molar-refractivity contribution is -0.384. The fourth-order valence-corrected chi connectivity index (χ4v) is 2.29. The number of nitrogens with zero attached hydrogens (tertiary/aromatic N) is 1. The zero-order valence-corrected chi connectivity index (χ0v) is 13.7. The summed E-state index contributed by atoms with van der Waals surface area (Å²) >= 11 is 16.5. The molecule has 2 rings (SSSR count). The van der Waals surface area contributed by atoms with Crippen LogP contribution in [0.4, 0.5) is 11.4 Å². The van der Waals surface area contributed by atoms with Gasteiger partial charge in [-0.1, -0.05) is 29.3 Å². The summed E-state index contributed by atoms with van der Waals surface area (Å²) < 4.78 is 0. The van der Waals surface area contributed by atoms with Crippen molar-refractivity contribution in [1.82, 2.24) is 5.32 Å². The van der Waals surface area contributed by atoms with Gasteiger partial charge in [-0.3, -0.25) is 20.2 Å². The Bertz CT molecular complexity index is 799. The fourth-order valence-electron chi connectivity index (χ4n) is 1.70. The monoisotopic (exact) mass is 369 g/mol. The number of halogens is 2. The van der Waals surface area contributed by atoms with Gasteiger partial charge in [0.2, 0.25) is 0 Å². The molecule has 6 nitrogen and oxygen atoms in total. The normalized spacial score (nSPS) is 10.0. The highest BCUT2D eigenvalue weighted by molar-refractivity contribution is 7.80. The van der Waals surface area contributed by atoms with Gasteiger partial charge in [-0.25, -0.2) is 0 Å². The third kappa shape index (κ3) is 4.62. The van der Waals surface area contributed by atoms with Crippen LogP contribution in [0.15, 0.2) is 42.5 Å². The average Bonchev–Trinajstić information content (AvgIpc) is 2.48. The highest BCUT2D eigenvalue weighted by Gasteiger charge is 2.14. The highest BCUT2D eigenvalue weighted by atomic mass is 35.5. The minimum atomic E-state index is -0.610. The Balaban J connectivity index is 2.06.